The molecule has 0 bridgehead atoms. The van der Waals surface area contributed by atoms with Gasteiger partial charge >= 0.3 is 0 Å². The molecule has 0 saturated carbocycles. The molecule has 1 unspecified atom stereocenters. The number of carbonyl (C=O) groups is 1. The Morgan fingerprint density at radius 1 is 1.52 bits per heavy atom. The van der Waals surface area contributed by atoms with Gasteiger partial charge in [0.15, 0.2) is 0 Å². The maximum atomic E-state index is 13.2. The average molecular weight is 286 g/mol. The molecule has 1 aromatic heterocycles. The van der Waals surface area contributed by atoms with Crippen LogP contribution in [0.15, 0.2) is 36.8 Å². The molecule has 1 aliphatic heterocycles. The van der Waals surface area contributed by atoms with Crippen LogP contribution in [0.4, 0.5) is 4.39 Å². The Balaban J connectivity index is 1.74. The van der Waals surface area contributed by atoms with E-state index in [1.54, 1.807) is 30.3 Å². The summed E-state index contributed by atoms with van der Waals surface area (Å²) in [5, 5.41) is 3.13. The van der Waals surface area contributed by atoms with Crippen LogP contribution in [0.5, 0.6) is 0 Å². The predicted octanol–water partition coefficient (Wildman–Crippen LogP) is 1.42. The van der Waals surface area contributed by atoms with Crippen LogP contribution in [-0.4, -0.2) is 27.8 Å². The molecular weight excluding hydrogens is 271 g/mol. The number of likely N-dealkylation sites (N-methyl/N-ethyl adjacent to an activating group) is 1. The molecule has 21 heavy (non-hydrogen) atoms. The molecule has 0 saturated heterocycles. The lowest BCUT2D eigenvalue weighted by Crippen LogP contribution is -2.35. The van der Waals surface area contributed by atoms with Crippen LogP contribution in [0.25, 0.3) is 0 Å². The van der Waals surface area contributed by atoms with E-state index in [1.165, 1.54) is 18.5 Å². The van der Waals surface area contributed by atoms with Gasteiger partial charge in [-0.25, -0.2) is 14.4 Å². The first-order valence-electron chi connectivity index (χ1n) is 6.67. The van der Waals surface area contributed by atoms with Crippen molar-refractivity contribution >= 4 is 5.91 Å². The van der Waals surface area contributed by atoms with Crippen LogP contribution in [0.3, 0.4) is 0 Å². The minimum atomic E-state index is -0.431. The van der Waals surface area contributed by atoms with Crippen LogP contribution in [0.2, 0.25) is 0 Å². The lowest BCUT2D eigenvalue weighted by Gasteiger charge is -2.21. The Kier molecular flexibility index (Phi) is 3.62. The first-order chi connectivity index (χ1) is 10.1. The SMILES string of the molecule is CN(Cc1cccc(F)c1)C(=O)C1NCc2ncncc21. The fourth-order valence-electron chi connectivity index (χ4n) is 2.49. The Morgan fingerprint density at radius 2 is 2.38 bits per heavy atom. The van der Waals surface area contributed by atoms with Gasteiger partial charge in [-0.15, -0.1) is 0 Å². The van der Waals surface area contributed by atoms with Crippen molar-refractivity contribution < 1.29 is 9.18 Å². The fraction of sp³-hybridized carbons (Fsp3) is 0.267. The van der Waals surface area contributed by atoms with Gasteiger partial charge in [0.25, 0.3) is 0 Å². The van der Waals surface area contributed by atoms with Gasteiger partial charge in [0.05, 0.1) is 5.69 Å². The molecule has 0 fully saturated rings. The number of nitrogens with zero attached hydrogens (tertiary/aromatic N) is 3. The van der Waals surface area contributed by atoms with Crippen molar-refractivity contribution in [1.82, 2.24) is 20.2 Å². The molecule has 1 aliphatic rings. The highest BCUT2D eigenvalue weighted by atomic mass is 19.1. The molecule has 1 aromatic carbocycles. The van der Waals surface area contributed by atoms with E-state index < -0.39 is 6.04 Å². The molecule has 0 spiro atoms. The van der Waals surface area contributed by atoms with Gasteiger partial charge < -0.3 is 4.90 Å². The molecule has 1 atom stereocenters. The quantitative estimate of drug-likeness (QED) is 0.927. The highest BCUT2D eigenvalue weighted by Crippen LogP contribution is 2.24. The molecule has 108 valence electrons. The van der Waals surface area contributed by atoms with E-state index in [4.69, 9.17) is 0 Å². The number of amides is 1. The van der Waals surface area contributed by atoms with Gasteiger partial charge in [0.2, 0.25) is 5.91 Å². The summed E-state index contributed by atoms with van der Waals surface area (Å²) < 4.78 is 13.2. The van der Waals surface area contributed by atoms with Crippen molar-refractivity contribution in [2.24, 2.45) is 0 Å². The van der Waals surface area contributed by atoms with Crippen molar-refractivity contribution in [2.45, 2.75) is 19.1 Å². The van der Waals surface area contributed by atoms with Crippen LogP contribution in [-0.2, 0) is 17.9 Å². The number of carbonyl (C=O) groups excluding carboxylic acids is 1. The molecule has 2 heterocycles. The summed E-state index contributed by atoms with van der Waals surface area (Å²) in [6, 6.07) is 5.83. The third-order valence-electron chi connectivity index (χ3n) is 3.54. The highest BCUT2D eigenvalue weighted by Gasteiger charge is 2.31. The zero-order chi connectivity index (χ0) is 14.8. The highest BCUT2D eigenvalue weighted by molar-refractivity contribution is 5.84. The van der Waals surface area contributed by atoms with Crippen LogP contribution >= 0.6 is 0 Å². The lowest BCUT2D eigenvalue weighted by molar-refractivity contribution is -0.132. The number of hydrogen-bond donors (Lipinski definition) is 1. The lowest BCUT2D eigenvalue weighted by atomic mass is 10.1. The monoisotopic (exact) mass is 286 g/mol. The van der Waals surface area contributed by atoms with E-state index in [9.17, 15) is 9.18 Å². The normalized spacial score (nSPS) is 16.6. The van der Waals surface area contributed by atoms with Crippen molar-refractivity contribution in [1.29, 1.82) is 0 Å². The van der Waals surface area contributed by atoms with Gasteiger partial charge in [-0.1, -0.05) is 12.1 Å². The van der Waals surface area contributed by atoms with Crippen molar-refractivity contribution in [3.63, 3.8) is 0 Å². The van der Waals surface area contributed by atoms with Crippen LogP contribution < -0.4 is 5.32 Å². The van der Waals surface area contributed by atoms with Gasteiger partial charge in [-0.2, -0.15) is 0 Å². The number of halogens is 1. The number of aromatic nitrogens is 2. The van der Waals surface area contributed by atoms with E-state index in [1.807, 2.05) is 0 Å². The van der Waals surface area contributed by atoms with Gasteiger partial charge in [-0.3, -0.25) is 10.1 Å². The molecule has 2 aromatic rings. The maximum Gasteiger partial charge on any atom is 0.244 e. The van der Waals surface area contributed by atoms with Crippen molar-refractivity contribution in [3.05, 3.63) is 59.4 Å². The number of fused-ring (bicyclic) bond motifs is 1. The standard InChI is InChI=1S/C15H15FN4O/c1-20(8-10-3-2-4-11(16)5-10)15(21)14-12-6-17-9-19-13(12)7-18-14/h2-6,9,14,18H,7-8H2,1H3. The third-order valence-corrected chi connectivity index (χ3v) is 3.54. The van der Waals surface area contributed by atoms with Crippen LogP contribution in [0, 0.1) is 5.82 Å². The van der Waals surface area contributed by atoms with E-state index in [-0.39, 0.29) is 11.7 Å². The Labute approximate surface area is 121 Å². The van der Waals surface area contributed by atoms with Gasteiger partial charge in [-0.05, 0) is 17.7 Å². The average Bonchev–Trinajstić information content (AvgIpc) is 2.90. The molecule has 1 amide bonds. The third kappa shape index (κ3) is 2.75. The van der Waals surface area contributed by atoms with E-state index in [0.29, 0.717) is 13.1 Å². The Bertz CT molecular complexity index is 676. The predicted molar refractivity (Wildman–Crippen MR) is 74.5 cm³/mol. The topological polar surface area (TPSA) is 58.1 Å². The number of rotatable bonds is 3. The van der Waals surface area contributed by atoms with Crippen molar-refractivity contribution in [3.8, 4) is 0 Å². The second-order valence-corrected chi connectivity index (χ2v) is 5.06. The second-order valence-electron chi connectivity index (χ2n) is 5.06. The van der Waals surface area contributed by atoms with E-state index >= 15 is 0 Å². The summed E-state index contributed by atoms with van der Waals surface area (Å²) in [7, 11) is 1.71. The minimum Gasteiger partial charge on any atom is -0.340 e. The fourth-order valence-corrected chi connectivity index (χ4v) is 2.49. The maximum absolute atomic E-state index is 13.2. The smallest absolute Gasteiger partial charge is 0.244 e. The molecule has 0 radical (unpaired) electrons. The number of hydrogen-bond acceptors (Lipinski definition) is 4. The molecule has 5 nitrogen and oxygen atoms in total. The second kappa shape index (κ2) is 5.57. The summed E-state index contributed by atoms with van der Waals surface area (Å²) >= 11 is 0. The molecule has 1 N–H and O–H groups in total. The first-order valence-corrected chi connectivity index (χ1v) is 6.67. The summed E-state index contributed by atoms with van der Waals surface area (Å²) in [6.45, 7) is 0.917. The number of nitrogens with one attached hydrogen (secondary N) is 1. The molecular formula is C15H15FN4O. The minimum absolute atomic E-state index is 0.0761. The zero-order valence-electron chi connectivity index (χ0n) is 11.6. The van der Waals surface area contributed by atoms with Crippen LogP contribution in [0.1, 0.15) is 22.9 Å². The van der Waals surface area contributed by atoms with E-state index in [0.717, 1.165) is 16.8 Å². The van der Waals surface area contributed by atoms with Crippen molar-refractivity contribution in [2.75, 3.05) is 7.05 Å². The first kappa shape index (κ1) is 13.6. The molecule has 0 aliphatic carbocycles. The van der Waals surface area contributed by atoms with Gasteiger partial charge in [0, 0.05) is 31.9 Å². The summed E-state index contributed by atoms with van der Waals surface area (Å²) in [4.78, 5) is 22.2. The molecule has 6 heteroatoms. The largest absolute Gasteiger partial charge is 0.340 e. The summed E-state index contributed by atoms with van der Waals surface area (Å²) in [5.41, 5.74) is 2.42. The van der Waals surface area contributed by atoms with Gasteiger partial charge in [0.1, 0.15) is 18.2 Å². The summed E-state index contributed by atoms with van der Waals surface area (Å²) in [6.07, 6.45) is 3.14. The van der Waals surface area contributed by atoms with E-state index in [2.05, 4.69) is 15.3 Å². The molecule has 3 rings (SSSR count). The Morgan fingerprint density at radius 3 is 3.19 bits per heavy atom. The summed E-state index contributed by atoms with van der Waals surface area (Å²) in [5.74, 6) is -0.376. The number of benzene rings is 1. The Hall–Kier alpha value is -2.34. The zero-order valence-corrected chi connectivity index (χ0v) is 11.6.